The van der Waals surface area contributed by atoms with E-state index >= 15 is 0 Å². The normalized spacial score (nSPS) is 17.8. The van der Waals surface area contributed by atoms with Gasteiger partial charge in [0.2, 0.25) is 5.91 Å². The monoisotopic (exact) mass is 248 g/mol. The fourth-order valence-electron chi connectivity index (χ4n) is 2.01. The lowest BCUT2D eigenvalue weighted by Crippen LogP contribution is -2.45. The van der Waals surface area contributed by atoms with Gasteiger partial charge in [-0.25, -0.2) is 4.79 Å². The van der Waals surface area contributed by atoms with Gasteiger partial charge in [-0.3, -0.25) is 4.79 Å². The highest BCUT2D eigenvalue weighted by molar-refractivity contribution is 5.93. The van der Waals surface area contributed by atoms with Crippen molar-refractivity contribution in [3.8, 4) is 0 Å². The van der Waals surface area contributed by atoms with Gasteiger partial charge in [0.1, 0.15) is 5.54 Å². The molecular formula is C13H16N2O3. The van der Waals surface area contributed by atoms with E-state index in [0.717, 1.165) is 12.8 Å². The number of amides is 1. The summed E-state index contributed by atoms with van der Waals surface area (Å²) in [6, 6.07) is 6.51. The number of benzene rings is 1. The number of hydrogen-bond donors (Lipinski definition) is 3. The van der Waals surface area contributed by atoms with Crippen molar-refractivity contribution in [2.75, 3.05) is 5.32 Å². The van der Waals surface area contributed by atoms with Crippen molar-refractivity contribution in [2.24, 2.45) is 11.7 Å². The van der Waals surface area contributed by atoms with Crippen LogP contribution < -0.4 is 11.1 Å². The molecule has 18 heavy (non-hydrogen) atoms. The minimum Gasteiger partial charge on any atom is -0.480 e. The molecule has 4 N–H and O–H groups in total. The van der Waals surface area contributed by atoms with Gasteiger partial charge in [-0.05, 0) is 49.9 Å². The molecule has 1 aromatic carbocycles. The van der Waals surface area contributed by atoms with Gasteiger partial charge in [-0.1, -0.05) is 0 Å². The molecule has 0 aliphatic heterocycles. The third-order valence-electron chi connectivity index (χ3n) is 3.41. The van der Waals surface area contributed by atoms with E-state index in [9.17, 15) is 14.7 Å². The first-order chi connectivity index (χ1) is 8.43. The van der Waals surface area contributed by atoms with Gasteiger partial charge in [-0.2, -0.15) is 0 Å². The van der Waals surface area contributed by atoms with Crippen LogP contribution in [0.25, 0.3) is 0 Å². The fraction of sp³-hybridized carbons (Fsp3) is 0.385. The summed E-state index contributed by atoms with van der Waals surface area (Å²) in [6.07, 6.45) is 1.85. The Morgan fingerprint density at radius 1 is 1.33 bits per heavy atom. The Morgan fingerprint density at radius 3 is 2.28 bits per heavy atom. The van der Waals surface area contributed by atoms with Crippen LogP contribution in [0.1, 0.15) is 30.1 Å². The summed E-state index contributed by atoms with van der Waals surface area (Å²) in [5.41, 5.74) is 5.28. The maximum absolute atomic E-state index is 11.3. The molecule has 1 aliphatic rings. The molecule has 0 spiro atoms. The van der Waals surface area contributed by atoms with Crippen molar-refractivity contribution in [2.45, 2.75) is 25.3 Å². The van der Waals surface area contributed by atoms with Crippen molar-refractivity contribution in [1.29, 1.82) is 0 Å². The second kappa shape index (κ2) is 4.33. The topological polar surface area (TPSA) is 92.4 Å². The first-order valence-electron chi connectivity index (χ1n) is 5.85. The van der Waals surface area contributed by atoms with Crippen LogP contribution in [0.4, 0.5) is 5.69 Å². The number of aliphatic carboxylic acids is 1. The summed E-state index contributed by atoms with van der Waals surface area (Å²) in [4.78, 5) is 22.3. The molecule has 0 aromatic heterocycles. The average Bonchev–Trinajstić information content (AvgIpc) is 3.13. The summed E-state index contributed by atoms with van der Waals surface area (Å²) in [7, 11) is 0. The lowest BCUT2D eigenvalue weighted by atomic mass is 9.95. The molecule has 1 unspecified atom stereocenters. The third kappa shape index (κ3) is 2.30. The molecule has 2 rings (SSSR count). The van der Waals surface area contributed by atoms with E-state index in [0.29, 0.717) is 11.3 Å². The molecule has 96 valence electrons. The lowest BCUT2D eigenvalue weighted by Gasteiger charge is -2.27. The summed E-state index contributed by atoms with van der Waals surface area (Å²) in [6.45, 7) is 1.69. The number of hydrogen-bond acceptors (Lipinski definition) is 3. The van der Waals surface area contributed by atoms with Crippen LogP contribution >= 0.6 is 0 Å². The zero-order valence-corrected chi connectivity index (χ0v) is 10.1. The number of nitrogens with two attached hydrogens (primary N) is 1. The number of carbonyl (C=O) groups is 2. The van der Waals surface area contributed by atoms with E-state index in [4.69, 9.17) is 5.73 Å². The van der Waals surface area contributed by atoms with Gasteiger partial charge in [-0.15, -0.1) is 0 Å². The molecule has 5 nitrogen and oxygen atoms in total. The van der Waals surface area contributed by atoms with Crippen molar-refractivity contribution in [1.82, 2.24) is 0 Å². The third-order valence-corrected chi connectivity index (χ3v) is 3.41. The molecule has 1 amide bonds. The molecule has 1 aromatic rings. The standard InChI is InChI=1S/C13H16N2O3/c1-13(12(17)18,9-4-5-9)15-10-6-2-8(3-7-10)11(14)16/h2-3,6-7,9,15H,4-5H2,1H3,(H2,14,16)(H,17,18). The number of carboxylic acid groups (broad SMARTS) is 1. The van der Waals surface area contributed by atoms with E-state index in [1.165, 1.54) is 0 Å². The number of carbonyl (C=O) groups excluding carboxylic acids is 1. The minimum atomic E-state index is -0.950. The largest absolute Gasteiger partial charge is 0.480 e. The molecule has 1 atom stereocenters. The van der Waals surface area contributed by atoms with Crippen molar-refractivity contribution < 1.29 is 14.7 Å². The van der Waals surface area contributed by atoms with Gasteiger partial charge < -0.3 is 16.2 Å². The summed E-state index contributed by atoms with van der Waals surface area (Å²) in [5.74, 6) is -1.19. The van der Waals surface area contributed by atoms with Gasteiger partial charge in [0.15, 0.2) is 0 Å². The Bertz CT molecular complexity index is 480. The molecule has 5 heteroatoms. The highest BCUT2D eigenvalue weighted by atomic mass is 16.4. The lowest BCUT2D eigenvalue weighted by molar-refractivity contribution is -0.142. The summed E-state index contributed by atoms with van der Waals surface area (Å²) < 4.78 is 0. The van der Waals surface area contributed by atoms with Crippen LogP contribution in [0.5, 0.6) is 0 Å². The van der Waals surface area contributed by atoms with Crippen molar-refractivity contribution in [3.63, 3.8) is 0 Å². The predicted molar refractivity (Wildman–Crippen MR) is 67.3 cm³/mol. The highest BCUT2D eigenvalue weighted by Gasteiger charge is 2.47. The number of anilines is 1. The van der Waals surface area contributed by atoms with Gasteiger partial charge in [0.25, 0.3) is 0 Å². The van der Waals surface area contributed by atoms with E-state index in [1.807, 2.05) is 0 Å². The molecule has 1 saturated carbocycles. The Hall–Kier alpha value is -2.04. The Morgan fingerprint density at radius 2 is 1.89 bits per heavy atom. The predicted octanol–water partition coefficient (Wildman–Crippen LogP) is 1.45. The zero-order valence-electron chi connectivity index (χ0n) is 10.1. The quantitative estimate of drug-likeness (QED) is 0.735. The fourth-order valence-corrected chi connectivity index (χ4v) is 2.01. The second-order valence-electron chi connectivity index (χ2n) is 4.85. The molecule has 1 aliphatic carbocycles. The molecule has 0 heterocycles. The van der Waals surface area contributed by atoms with Gasteiger partial charge >= 0.3 is 5.97 Å². The number of nitrogens with one attached hydrogen (secondary N) is 1. The van der Waals surface area contributed by atoms with Gasteiger partial charge in [0.05, 0.1) is 0 Å². The first kappa shape index (κ1) is 12.4. The summed E-state index contributed by atoms with van der Waals surface area (Å²) >= 11 is 0. The minimum absolute atomic E-state index is 0.158. The highest BCUT2D eigenvalue weighted by Crippen LogP contribution is 2.41. The zero-order chi connectivity index (χ0) is 13.3. The molecule has 0 saturated heterocycles. The maximum Gasteiger partial charge on any atom is 0.329 e. The molecule has 1 fully saturated rings. The van der Waals surface area contributed by atoms with Crippen molar-refractivity contribution >= 4 is 17.6 Å². The van der Waals surface area contributed by atoms with E-state index in [-0.39, 0.29) is 5.92 Å². The van der Waals surface area contributed by atoms with E-state index in [2.05, 4.69) is 5.32 Å². The Kier molecular flexibility index (Phi) is 2.98. The van der Waals surface area contributed by atoms with Crippen LogP contribution in [-0.2, 0) is 4.79 Å². The van der Waals surface area contributed by atoms with Crippen LogP contribution in [0.15, 0.2) is 24.3 Å². The van der Waals surface area contributed by atoms with Crippen LogP contribution in [0.2, 0.25) is 0 Å². The Labute approximate surface area is 105 Å². The van der Waals surface area contributed by atoms with E-state index < -0.39 is 17.4 Å². The maximum atomic E-state index is 11.3. The number of primary amides is 1. The average molecular weight is 248 g/mol. The van der Waals surface area contributed by atoms with E-state index in [1.54, 1.807) is 31.2 Å². The Balaban J connectivity index is 2.17. The van der Waals surface area contributed by atoms with Crippen LogP contribution in [0.3, 0.4) is 0 Å². The first-order valence-corrected chi connectivity index (χ1v) is 5.85. The van der Waals surface area contributed by atoms with Gasteiger partial charge in [0, 0.05) is 11.3 Å². The molecular weight excluding hydrogens is 232 g/mol. The number of rotatable bonds is 5. The summed E-state index contributed by atoms with van der Waals surface area (Å²) in [5, 5.41) is 12.3. The number of carboxylic acids is 1. The smallest absolute Gasteiger partial charge is 0.329 e. The SMILES string of the molecule is CC(Nc1ccc(C(N)=O)cc1)(C(=O)O)C1CC1. The van der Waals surface area contributed by atoms with Crippen LogP contribution in [0, 0.1) is 5.92 Å². The van der Waals surface area contributed by atoms with Crippen molar-refractivity contribution in [3.05, 3.63) is 29.8 Å². The molecule has 0 radical (unpaired) electrons. The molecule has 0 bridgehead atoms. The second-order valence-corrected chi connectivity index (χ2v) is 4.85. The van der Waals surface area contributed by atoms with Crippen LogP contribution in [-0.4, -0.2) is 22.5 Å².